The van der Waals surface area contributed by atoms with Crippen LogP contribution in [-0.2, 0) is 17.5 Å². The summed E-state index contributed by atoms with van der Waals surface area (Å²) in [5.74, 6) is -1.55. The zero-order valence-corrected chi connectivity index (χ0v) is 21.8. The highest BCUT2D eigenvalue weighted by atomic mass is 35.5. The summed E-state index contributed by atoms with van der Waals surface area (Å²) in [4.78, 5) is 25.1. The summed E-state index contributed by atoms with van der Waals surface area (Å²) >= 11 is 6.97. The molecule has 0 atom stereocenters. The van der Waals surface area contributed by atoms with E-state index in [-0.39, 0.29) is 28.6 Å². The topological polar surface area (TPSA) is 88.9 Å². The number of hydrogen-bond acceptors (Lipinski definition) is 5. The van der Waals surface area contributed by atoms with Gasteiger partial charge in [0, 0.05) is 11.3 Å². The minimum atomic E-state index is -4.59. The standard InChI is InChI=1S/C26H20ClF4N5O2S/c1-15-4-2-7-19(10-15)36-22(13-32-24(38)16-5-3-6-18(28)11-16)34-35-25(36)39-14-23(37)33-21-12-17(26(29,30)31)8-9-20(21)27/h2-12H,13-14H2,1H3,(H,32,38)(H,33,37). The van der Waals surface area contributed by atoms with E-state index in [1.54, 1.807) is 10.6 Å². The van der Waals surface area contributed by atoms with Crippen molar-refractivity contribution in [1.82, 2.24) is 20.1 Å². The molecule has 0 saturated heterocycles. The van der Waals surface area contributed by atoms with E-state index in [4.69, 9.17) is 11.6 Å². The first-order valence-electron chi connectivity index (χ1n) is 11.4. The number of aromatic nitrogens is 3. The summed E-state index contributed by atoms with van der Waals surface area (Å²) in [7, 11) is 0. The van der Waals surface area contributed by atoms with Crippen molar-refractivity contribution in [3.05, 3.63) is 100 Å². The molecule has 0 spiro atoms. The second-order valence-electron chi connectivity index (χ2n) is 8.30. The maximum absolute atomic E-state index is 13.5. The van der Waals surface area contributed by atoms with Crippen molar-refractivity contribution in [3.8, 4) is 5.69 Å². The summed E-state index contributed by atoms with van der Waals surface area (Å²) in [6.45, 7) is 1.83. The number of thioether (sulfide) groups is 1. The Labute approximate surface area is 229 Å². The molecule has 0 radical (unpaired) electrons. The minimum Gasteiger partial charge on any atom is -0.345 e. The first-order chi connectivity index (χ1) is 18.5. The molecule has 13 heteroatoms. The van der Waals surface area contributed by atoms with Crippen molar-refractivity contribution in [3.63, 3.8) is 0 Å². The lowest BCUT2D eigenvalue weighted by molar-refractivity contribution is -0.137. The van der Waals surface area contributed by atoms with Crippen molar-refractivity contribution < 1.29 is 27.2 Å². The summed E-state index contributed by atoms with van der Waals surface area (Å²) in [5.41, 5.74) is 0.621. The van der Waals surface area contributed by atoms with Gasteiger partial charge in [0.25, 0.3) is 5.91 Å². The van der Waals surface area contributed by atoms with Crippen LogP contribution in [0.25, 0.3) is 5.69 Å². The van der Waals surface area contributed by atoms with Gasteiger partial charge < -0.3 is 10.6 Å². The van der Waals surface area contributed by atoms with Gasteiger partial charge in [0.15, 0.2) is 11.0 Å². The van der Waals surface area contributed by atoms with Crippen LogP contribution in [0.2, 0.25) is 5.02 Å². The monoisotopic (exact) mass is 577 g/mol. The minimum absolute atomic E-state index is 0.0411. The highest BCUT2D eigenvalue weighted by Gasteiger charge is 2.31. The van der Waals surface area contributed by atoms with Crippen molar-refractivity contribution in [2.75, 3.05) is 11.1 Å². The molecule has 7 nitrogen and oxygen atoms in total. The normalized spacial score (nSPS) is 11.3. The molecule has 0 aliphatic carbocycles. The lowest BCUT2D eigenvalue weighted by Crippen LogP contribution is -2.24. The van der Waals surface area contributed by atoms with E-state index in [2.05, 4.69) is 20.8 Å². The predicted molar refractivity (Wildman–Crippen MR) is 139 cm³/mol. The maximum atomic E-state index is 13.5. The predicted octanol–water partition coefficient (Wildman–Crippen LogP) is 6.05. The quantitative estimate of drug-likeness (QED) is 0.197. The van der Waals surface area contributed by atoms with E-state index in [0.717, 1.165) is 41.6 Å². The molecule has 2 amide bonds. The van der Waals surface area contributed by atoms with Crippen LogP contribution in [0.3, 0.4) is 0 Å². The number of rotatable bonds is 8. The Hall–Kier alpha value is -3.90. The van der Waals surface area contributed by atoms with E-state index in [1.807, 2.05) is 25.1 Å². The Morgan fingerprint density at radius 3 is 2.51 bits per heavy atom. The van der Waals surface area contributed by atoms with Crippen LogP contribution in [-0.4, -0.2) is 32.3 Å². The third-order valence-electron chi connectivity index (χ3n) is 5.35. The van der Waals surface area contributed by atoms with Gasteiger partial charge in [0.05, 0.1) is 28.6 Å². The smallest absolute Gasteiger partial charge is 0.345 e. The average molecular weight is 578 g/mol. The van der Waals surface area contributed by atoms with Gasteiger partial charge in [0.2, 0.25) is 5.91 Å². The molecule has 0 saturated carbocycles. The number of aryl methyl sites for hydroxylation is 1. The van der Waals surface area contributed by atoms with Crippen LogP contribution >= 0.6 is 23.4 Å². The SMILES string of the molecule is Cc1cccc(-n2c(CNC(=O)c3cccc(F)c3)nnc2SCC(=O)Nc2cc(C(F)(F)F)ccc2Cl)c1. The Bertz CT molecular complexity index is 1530. The number of nitrogens with one attached hydrogen (secondary N) is 2. The Kier molecular flexibility index (Phi) is 8.56. The lowest BCUT2D eigenvalue weighted by Gasteiger charge is -2.13. The molecule has 0 aliphatic heterocycles. The molecule has 1 aromatic heterocycles. The van der Waals surface area contributed by atoms with E-state index in [0.29, 0.717) is 16.7 Å². The fourth-order valence-electron chi connectivity index (χ4n) is 3.54. The van der Waals surface area contributed by atoms with Crippen LogP contribution in [0, 0.1) is 12.7 Å². The lowest BCUT2D eigenvalue weighted by atomic mass is 10.2. The number of halogens is 5. The van der Waals surface area contributed by atoms with Gasteiger partial charge in [-0.05, 0) is 61.0 Å². The molecule has 0 aliphatic rings. The molecule has 0 unspecified atom stereocenters. The number of benzene rings is 3. The number of carbonyl (C=O) groups is 2. The Morgan fingerprint density at radius 1 is 1.03 bits per heavy atom. The zero-order chi connectivity index (χ0) is 28.2. The summed E-state index contributed by atoms with van der Waals surface area (Å²) in [5, 5.41) is 13.6. The first kappa shape index (κ1) is 28.1. The number of nitrogens with zero attached hydrogens (tertiary/aromatic N) is 3. The van der Waals surface area contributed by atoms with Gasteiger partial charge in [-0.1, -0.05) is 41.6 Å². The summed E-state index contributed by atoms with van der Waals surface area (Å²) < 4.78 is 54.3. The second-order valence-corrected chi connectivity index (χ2v) is 9.65. The number of alkyl halides is 3. The van der Waals surface area contributed by atoms with Crippen LogP contribution in [0.5, 0.6) is 0 Å². The molecular weight excluding hydrogens is 558 g/mol. The largest absolute Gasteiger partial charge is 0.416 e. The molecule has 4 aromatic rings. The summed E-state index contributed by atoms with van der Waals surface area (Å²) in [6.07, 6.45) is -4.59. The van der Waals surface area contributed by atoms with Crippen molar-refractivity contribution >= 4 is 40.9 Å². The van der Waals surface area contributed by atoms with Gasteiger partial charge in [-0.25, -0.2) is 4.39 Å². The second kappa shape index (κ2) is 11.9. The van der Waals surface area contributed by atoms with Crippen molar-refractivity contribution in [2.45, 2.75) is 24.8 Å². The average Bonchev–Trinajstić information content (AvgIpc) is 3.29. The molecule has 3 aromatic carbocycles. The van der Waals surface area contributed by atoms with Gasteiger partial charge >= 0.3 is 6.18 Å². The van der Waals surface area contributed by atoms with E-state index in [1.165, 1.54) is 18.2 Å². The van der Waals surface area contributed by atoms with Gasteiger partial charge in [-0.3, -0.25) is 14.2 Å². The van der Waals surface area contributed by atoms with Crippen LogP contribution < -0.4 is 10.6 Å². The third-order valence-corrected chi connectivity index (χ3v) is 6.61. The van der Waals surface area contributed by atoms with E-state index >= 15 is 0 Å². The fraction of sp³-hybridized carbons (Fsp3) is 0.154. The summed E-state index contributed by atoms with van der Waals surface area (Å²) in [6, 6.07) is 15.2. The fourth-order valence-corrected chi connectivity index (χ4v) is 4.48. The van der Waals surface area contributed by atoms with E-state index < -0.39 is 29.4 Å². The number of carbonyl (C=O) groups excluding carboxylic acids is 2. The van der Waals surface area contributed by atoms with Crippen LogP contribution in [0.4, 0.5) is 23.2 Å². The first-order valence-corrected chi connectivity index (χ1v) is 12.7. The number of amides is 2. The van der Waals surface area contributed by atoms with Gasteiger partial charge in [-0.15, -0.1) is 10.2 Å². The van der Waals surface area contributed by atoms with E-state index in [9.17, 15) is 27.2 Å². The molecule has 4 rings (SSSR count). The van der Waals surface area contributed by atoms with Gasteiger partial charge in [0.1, 0.15) is 5.82 Å². The van der Waals surface area contributed by atoms with Crippen LogP contribution in [0.15, 0.2) is 71.9 Å². The zero-order valence-electron chi connectivity index (χ0n) is 20.2. The molecule has 0 fully saturated rings. The van der Waals surface area contributed by atoms with Crippen molar-refractivity contribution in [2.24, 2.45) is 0 Å². The Morgan fingerprint density at radius 2 is 1.79 bits per heavy atom. The molecule has 0 bridgehead atoms. The highest BCUT2D eigenvalue weighted by molar-refractivity contribution is 7.99. The van der Waals surface area contributed by atoms with Gasteiger partial charge in [-0.2, -0.15) is 13.2 Å². The molecule has 1 heterocycles. The van der Waals surface area contributed by atoms with Crippen molar-refractivity contribution in [1.29, 1.82) is 0 Å². The molecule has 39 heavy (non-hydrogen) atoms. The number of anilines is 1. The highest BCUT2D eigenvalue weighted by Crippen LogP contribution is 2.34. The third kappa shape index (κ3) is 7.15. The number of hydrogen-bond donors (Lipinski definition) is 2. The molecule has 2 N–H and O–H groups in total. The molecule has 202 valence electrons. The maximum Gasteiger partial charge on any atom is 0.416 e. The van der Waals surface area contributed by atoms with Crippen LogP contribution in [0.1, 0.15) is 27.3 Å². The molecular formula is C26H20ClF4N5O2S. The Balaban J connectivity index is 1.51.